The van der Waals surface area contributed by atoms with Gasteiger partial charge in [-0.25, -0.2) is 4.39 Å². The van der Waals surface area contributed by atoms with Crippen LogP contribution in [0.4, 0.5) is 4.39 Å². The van der Waals surface area contributed by atoms with Gasteiger partial charge < -0.3 is 5.11 Å². The monoisotopic (exact) mass is 324 g/mol. The highest BCUT2D eigenvalue weighted by atomic mass is 35.5. The lowest BCUT2D eigenvalue weighted by Gasteiger charge is -2.13. The first-order valence-corrected chi connectivity index (χ1v) is 7.82. The first kappa shape index (κ1) is 15.9. The molecule has 0 aromatic heterocycles. The van der Waals surface area contributed by atoms with Crippen LogP contribution in [-0.4, -0.2) is 16.3 Å². The van der Waals surface area contributed by atoms with Crippen LogP contribution in [0, 0.1) is 5.82 Å². The van der Waals surface area contributed by atoms with Crippen LogP contribution in [0.25, 0.3) is 0 Å². The van der Waals surface area contributed by atoms with E-state index in [1.807, 2.05) is 30.3 Å². The topological polar surface area (TPSA) is 37.3 Å². The van der Waals surface area contributed by atoms with Gasteiger partial charge in [-0.3, -0.25) is 4.79 Å². The van der Waals surface area contributed by atoms with Gasteiger partial charge in [-0.05, 0) is 24.1 Å². The summed E-state index contributed by atoms with van der Waals surface area (Å²) in [6.07, 6.45) is 0.396. The Balaban J connectivity index is 2.06. The van der Waals surface area contributed by atoms with E-state index in [0.717, 1.165) is 5.56 Å². The maximum absolute atomic E-state index is 13.7. The van der Waals surface area contributed by atoms with E-state index in [-0.39, 0.29) is 5.75 Å². The zero-order valence-electron chi connectivity index (χ0n) is 11.1. The van der Waals surface area contributed by atoms with Crippen LogP contribution >= 0.6 is 23.4 Å². The number of halogens is 2. The normalized spacial score (nSPS) is 12.1. The van der Waals surface area contributed by atoms with Crippen molar-refractivity contribution in [2.24, 2.45) is 0 Å². The van der Waals surface area contributed by atoms with Gasteiger partial charge in [-0.15, -0.1) is 11.8 Å². The van der Waals surface area contributed by atoms with Crippen LogP contribution in [0.2, 0.25) is 5.02 Å². The van der Waals surface area contributed by atoms with Crippen LogP contribution < -0.4 is 0 Å². The van der Waals surface area contributed by atoms with E-state index >= 15 is 0 Å². The fraction of sp³-hybridized carbons (Fsp3) is 0.188. The number of rotatable bonds is 6. The van der Waals surface area contributed by atoms with E-state index in [1.54, 1.807) is 6.07 Å². The number of carbonyl (C=O) groups is 1. The van der Waals surface area contributed by atoms with Gasteiger partial charge in [0.15, 0.2) is 0 Å². The summed E-state index contributed by atoms with van der Waals surface area (Å²) in [4.78, 5) is 11.3. The van der Waals surface area contributed by atoms with Gasteiger partial charge in [-0.1, -0.05) is 48.0 Å². The maximum atomic E-state index is 13.7. The first-order valence-electron chi connectivity index (χ1n) is 6.39. The highest BCUT2D eigenvalue weighted by Crippen LogP contribution is 2.27. The quantitative estimate of drug-likeness (QED) is 0.855. The third-order valence-electron chi connectivity index (χ3n) is 3.03. The molecule has 0 saturated heterocycles. The van der Waals surface area contributed by atoms with Gasteiger partial charge in [0.25, 0.3) is 0 Å². The van der Waals surface area contributed by atoms with Gasteiger partial charge >= 0.3 is 5.97 Å². The Bertz CT molecular complexity index is 599. The summed E-state index contributed by atoms with van der Waals surface area (Å²) < 4.78 is 13.7. The molecule has 2 nitrogen and oxygen atoms in total. The van der Waals surface area contributed by atoms with Crippen molar-refractivity contribution in [1.29, 1.82) is 0 Å². The van der Waals surface area contributed by atoms with Crippen molar-refractivity contribution in [3.63, 3.8) is 0 Å². The SMILES string of the molecule is O=C(O)C(Cc1ccccc1)SCc1c(F)cccc1Cl. The van der Waals surface area contributed by atoms with E-state index in [9.17, 15) is 14.3 Å². The fourth-order valence-electron chi connectivity index (χ4n) is 1.90. The molecule has 1 N–H and O–H groups in total. The number of hydrogen-bond donors (Lipinski definition) is 1. The van der Waals surface area contributed by atoms with Crippen LogP contribution in [0.3, 0.4) is 0 Å². The van der Waals surface area contributed by atoms with E-state index in [4.69, 9.17) is 11.6 Å². The molecule has 2 rings (SSSR count). The van der Waals surface area contributed by atoms with Crippen molar-refractivity contribution >= 4 is 29.3 Å². The minimum absolute atomic E-state index is 0.231. The average molecular weight is 325 g/mol. The molecule has 21 heavy (non-hydrogen) atoms. The van der Waals surface area contributed by atoms with Gasteiger partial charge in [0, 0.05) is 16.3 Å². The second kappa shape index (κ2) is 7.48. The summed E-state index contributed by atoms with van der Waals surface area (Å²) in [6.45, 7) is 0. The molecule has 2 aromatic carbocycles. The lowest BCUT2D eigenvalue weighted by Crippen LogP contribution is -2.19. The molecule has 0 heterocycles. The second-order valence-electron chi connectivity index (χ2n) is 4.53. The van der Waals surface area contributed by atoms with Crippen LogP contribution in [0.1, 0.15) is 11.1 Å². The molecule has 5 heteroatoms. The third kappa shape index (κ3) is 4.48. The molecule has 0 aliphatic carbocycles. The minimum atomic E-state index is -0.906. The van der Waals surface area contributed by atoms with Crippen LogP contribution in [-0.2, 0) is 17.0 Å². The molecule has 1 atom stereocenters. The summed E-state index contributed by atoms with van der Waals surface area (Å²) in [6, 6.07) is 13.8. The van der Waals surface area contributed by atoms with Crippen molar-refractivity contribution in [2.75, 3.05) is 0 Å². The number of thioether (sulfide) groups is 1. The smallest absolute Gasteiger partial charge is 0.316 e. The molecular formula is C16H14ClFO2S. The molecule has 1 unspecified atom stereocenters. The Kier molecular flexibility index (Phi) is 5.65. The van der Waals surface area contributed by atoms with Crippen LogP contribution in [0.5, 0.6) is 0 Å². The van der Waals surface area contributed by atoms with E-state index in [2.05, 4.69) is 0 Å². The number of hydrogen-bond acceptors (Lipinski definition) is 2. The van der Waals surface area contributed by atoms with Gasteiger partial charge in [-0.2, -0.15) is 0 Å². The summed E-state index contributed by atoms with van der Waals surface area (Å²) >= 11 is 7.13. The molecule has 110 valence electrons. The number of carboxylic acids is 1. The summed E-state index contributed by atoms with van der Waals surface area (Å²) in [5.41, 5.74) is 1.29. The highest BCUT2D eigenvalue weighted by Gasteiger charge is 2.20. The Morgan fingerprint density at radius 1 is 1.19 bits per heavy atom. The standard InChI is InChI=1S/C16H14ClFO2S/c17-13-7-4-8-14(18)12(13)10-21-15(16(19)20)9-11-5-2-1-3-6-11/h1-8,15H,9-10H2,(H,19,20). The Hall–Kier alpha value is -1.52. The number of aliphatic carboxylic acids is 1. The molecule has 0 amide bonds. The second-order valence-corrected chi connectivity index (χ2v) is 6.13. The molecule has 0 fully saturated rings. The molecule has 0 aliphatic rings. The molecule has 0 spiro atoms. The van der Waals surface area contributed by atoms with Crippen molar-refractivity contribution in [1.82, 2.24) is 0 Å². The van der Waals surface area contributed by atoms with Crippen LogP contribution in [0.15, 0.2) is 48.5 Å². The molecular weight excluding hydrogens is 311 g/mol. The predicted molar refractivity (Wildman–Crippen MR) is 84.3 cm³/mol. The maximum Gasteiger partial charge on any atom is 0.316 e. The van der Waals surface area contributed by atoms with Gasteiger partial charge in [0.05, 0.1) is 0 Å². The van der Waals surface area contributed by atoms with Gasteiger partial charge in [0.1, 0.15) is 11.1 Å². The third-order valence-corrected chi connectivity index (χ3v) is 4.61. The fourth-order valence-corrected chi connectivity index (χ4v) is 3.32. The van der Waals surface area contributed by atoms with E-state index < -0.39 is 17.0 Å². The van der Waals surface area contributed by atoms with E-state index in [1.165, 1.54) is 23.9 Å². The lowest BCUT2D eigenvalue weighted by atomic mass is 10.1. The van der Waals surface area contributed by atoms with Crippen molar-refractivity contribution in [3.05, 3.63) is 70.5 Å². The Morgan fingerprint density at radius 3 is 2.52 bits per heavy atom. The van der Waals surface area contributed by atoms with Crippen molar-refractivity contribution in [3.8, 4) is 0 Å². The summed E-state index contributed by atoms with van der Waals surface area (Å²) in [5, 5.41) is 8.99. The molecule has 0 bridgehead atoms. The highest BCUT2D eigenvalue weighted by molar-refractivity contribution is 7.99. The molecule has 0 aliphatic heterocycles. The molecule has 0 saturated carbocycles. The zero-order chi connectivity index (χ0) is 15.2. The Labute approximate surface area is 131 Å². The summed E-state index contributed by atoms with van der Waals surface area (Å²) in [7, 11) is 0. The summed E-state index contributed by atoms with van der Waals surface area (Å²) in [5.74, 6) is -1.08. The number of benzene rings is 2. The molecule has 0 radical (unpaired) electrons. The number of carboxylic acid groups (broad SMARTS) is 1. The zero-order valence-corrected chi connectivity index (χ0v) is 12.7. The largest absolute Gasteiger partial charge is 0.480 e. The average Bonchev–Trinajstić information content (AvgIpc) is 2.46. The molecule has 2 aromatic rings. The Morgan fingerprint density at radius 2 is 1.90 bits per heavy atom. The lowest BCUT2D eigenvalue weighted by molar-refractivity contribution is -0.136. The van der Waals surface area contributed by atoms with Crippen molar-refractivity contribution in [2.45, 2.75) is 17.4 Å². The van der Waals surface area contributed by atoms with E-state index in [0.29, 0.717) is 17.0 Å². The van der Waals surface area contributed by atoms with Crippen molar-refractivity contribution < 1.29 is 14.3 Å². The first-order chi connectivity index (χ1) is 10.1. The minimum Gasteiger partial charge on any atom is -0.480 e. The predicted octanol–water partition coefficient (Wildman–Crippen LogP) is 4.41. The van der Waals surface area contributed by atoms with Gasteiger partial charge in [0.2, 0.25) is 0 Å².